The number of fused-ring (bicyclic) bond motifs is 2. The van der Waals surface area contributed by atoms with Crippen LogP contribution in [0.15, 0.2) is 47.2 Å². The number of benzene rings is 1. The van der Waals surface area contributed by atoms with Gasteiger partial charge in [0.05, 0.1) is 11.0 Å². The zero-order valence-corrected chi connectivity index (χ0v) is 18.3. The van der Waals surface area contributed by atoms with Gasteiger partial charge in [0.1, 0.15) is 11.3 Å². The van der Waals surface area contributed by atoms with Crippen LogP contribution in [-0.2, 0) is 6.54 Å². The van der Waals surface area contributed by atoms with E-state index in [0.29, 0.717) is 5.19 Å². The van der Waals surface area contributed by atoms with Gasteiger partial charge in [0.2, 0.25) is 0 Å². The molecule has 6 rings (SSSR count). The number of rotatable bonds is 5. The minimum Gasteiger partial charge on any atom is -0.464 e. The Hall–Kier alpha value is -2.48. The molecule has 2 aliphatic rings. The second kappa shape index (κ2) is 8.22. The number of likely N-dealkylation sites (tertiary alicyclic amines) is 2. The predicted octanol–water partition coefficient (Wildman–Crippen LogP) is 5.29. The lowest BCUT2D eigenvalue weighted by molar-refractivity contribution is 0.123. The molecule has 0 aliphatic carbocycles. The summed E-state index contributed by atoms with van der Waals surface area (Å²) < 4.78 is 12.9. The molecular formula is C24H26N4O2S. The first kappa shape index (κ1) is 19.2. The van der Waals surface area contributed by atoms with Gasteiger partial charge in [-0.3, -0.25) is 4.90 Å². The summed E-state index contributed by atoms with van der Waals surface area (Å²) in [6.45, 7) is 5.88. The molecule has 0 saturated carbocycles. The van der Waals surface area contributed by atoms with Crippen molar-refractivity contribution < 1.29 is 9.15 Å². The van der Waals surface area contributed by atoms with E-state index in [1.807, 2.05) is 30.5 Å². The molecule has 7 heteroatoms. The van der Waals surface area contributed by atoms with E-state index in [4.69, 9.17) is 9.15 Å². The van der Waals surface area contributed by atoms with E-state index in [-0.39, 0.29) is 0 Å². The molecule has 2 fully saturated rings. The van der Waals surface area contributed by atoms with E-state index < -0.39 is 0 Å². The molecule has 4 aromatic rings. The summed E-state index contributed by atoms with van der Waals surface area (Å²) in [6, 6.07) is 10.8. The first-order valence-electron chi connectivity index (χ1n) is 11.2. The zero-order chi connectivity index (χ0) is 20.6. The van der Waals surface area contributed by atoms with Crippen LogP contribution in [-0.4, -0.2) is 52.0 Å². The van der Waals surface area contributed by atoms with E-state index in [2.05, 4.69) is 25.8 Å². The van der Waals surface area contributed by atoms with Crippen molar-refractivity contribution in [1.29, 1.82) is 0 Å². The molecule has 5 heterocycles. The summed E-state index contributed by atoms with van der Waals surface area (Å²) in [5, 5.41) is 1.76. The largest absolute Gasteiger partial charge is 0.464 e. The van der Waals surface area contributed by atoms with Gasteiger partial charge in [0, 0.05) is 35.8 Å². The van der Waals surface area contributed by atoms with Crippen molar-refractivity contribution in [2.24, 2.45) is 0 Å². The fourth-order valence-corrected chi connectivity index (χ4v) is 5.73. The number of furan rings is 1. The van der Waals surface area contributed by atoms with Crippen LogP contribution >= 0.6 is 11.3 Å². The van der Waals surface area contributed by atoms with Gasteiger partial charge in [-0.25, -0.2) is 4.98 Å². The second-order valence-electron chi connectivity index (χ2n) is 8.58. The van der Waals surface area contributed by atoms with Crippen molar-refractivity contribution in [3.8, 4) is 10.9 Å². The van der Waals surface area contributed by atoms with Gasteiger partial charge in [-0.05, 0) is 76.1 Å². The first-order chi connectivity index (χ1) is 15.3. The van der Waals surface area contributed by atoms with E-state index >= 15 is 0 Å². The number of thiazole rings is 1. The van der Waals surface area contributed by atoms with Gasteiger partial charge in [0.15, 0.2) is 5.65 Å². The molecule has 160 valence electrons. The molecule has 0 radical (unpaired) electrons. The lowest BCUT2D eigenvalue weighted by Crippen LogP contribution is -2.43. The summed E-state index contributed by atoms with van der Waals surface area (Å²) in [5.74, 6) is 0.735. The molecule has 31 heavy (non-hydrogen) atoms. The molecule has 0 amide bonds. The van der Waals surface area contributed by atoms with E-state index in [9.17, 15) is 0 Å². The van der Waals surface area contributed by atoms with Gasteiger partial charge in [0.25, 0.3) is 5.19 Å². The number of hydrogen-bond acceptors (Lipinski definition) is 7. The molecule has 0 N–H and O–H groups in total. The van der Waals surface area contributed by atoms with Crippen molar-refractivity contribution in [3.05, 3.63) is 48.4 Å². The number of ether oxygens (including phenoxy) is 1. The van der Waals surface area contributed by atoms with Gasteiger partial charge in [-0.15, -0.1) is 0 Å². The number of nitrogens with zero attached hydrogens (tertiary/aromatic N) is 4. The average molecular weight is 435 g/mol. The van der Waals surface area contributed by atoms with Crippen LogP contribution in [0.3, 0.4) is 0 Å². The van der Waals surface area contributed by atoms with Crippen molar-refractivity contribution >= 4 is 32.7 Å². The molecule has 6 nitrogen and oxygen atoms in total. The smallest absolute Gasteiger partial charge is 0.281 e. The molecular weight excluding hydrogens is 408 g/mol. The Morgan fingerprint density at radius 2 is 1.97 bits per heavy atom. The molecule has 0 spiro atoms. The Bertz CT molecular complexity index is 1160. The Morgan fingerprint density at radius 1 is 1.10 bits per heavy atom. The topological polar surface area (TPSA) is 54.6 Å². The monoisotopic (exact) mass is 434 g/mol. The van der Waals surface area contributed by atoms with E-state index in [1.165, 1.54) is 74.1 Å². The molecule has 0 atom stereocenters. The van der Waals surface area contributed by atoms with Gasteiger partial charge in [-0.2, -0.15) is 4.98 Å². The Kier molecular flexibility index (Phi) is 5.10. The van der Waals surface area contributed by atoms with Crippen LogP contribution in [0, 0.1) is 0 Å². The van der Waals surface area contributed by atoms with Crippen molar-refractivity contribution in [2.75, 3.05) is 26.2 Å². The summed E-state index contributed by atoms with van der Waals surface area (Å²) >= 11 is 1.50. The normalized spacial score (nSPS) is 19.0. The third kappa shape index (κ3) is 3.93. The summed E-state index contributed by atoms with van der Waals surface area (Å²) in [5.41, 5.74) is 2.83. The maximum absolute atomic E-state index is 5.98. The van der Waals surface area contributed by atoms with Crippen LogP contribution in [0.1, 0.15) is 31.2 Å². The number of piperidine rings is 1. The highest BCUT2D eigenvalue weighted by Gasteiger charge is 2.26. The van der Waals surface area contributed by atoms with Crippen LogP contribution < -0.4 is 4.74 Å². The predicted molar refractivity (Wildman–Crippen MR) is 123 cm³/mol. The van der Waals surface area contributed by atoms with Gasteiger partial charge < -0.3 is 14.1 Å². The minimum absolute atomic E-state index is 0.598. The fraction of sp³-hybridized carbons (Fsp3) is 0.417. The minimum atomic E-state index is 0.598. The average Bonchev–Trinajstić information content (AvgIpc) is 3.54. The SMILES string of the molecule is c1cnc2nc(Oc3ccc4c(CN5CCC(N6CCCC6)CC5)coc4c3)sc2c1. The Morgan fingerprint density at radius 3 is 2.81 bits per heavy atom. The van der Waals surface area contributed by atoms with E-state index in [1.54, 1.807) is 6.20 Å². The Labute approximate surface area is 185 Å². The highest BCUT2D eigenvalue weighted by molar-refractivity contribution is 7.20. The summed E-state index contributed by atoms with van der Waals surface area (Å²) in [4.78, 5) is 14.0. The number of pyridine rings is 1. The lowest BCUT2D eigenvalue weighted by atomic mass is 10.0. The summed E-state index contributed by atoms with van der Waals surface area (Å²) in [7, 11) is 0. The molecule has 2 saturated heterocycles. The van der Waals surface area contributed by atoms with Crippen molar-refractivity contribution in [1.82, 2.24) is 19.8 Å². The molecule has 2 aliphatic heterocycles. The molecule has 3 aromatic heterocycles. The quantitative estimate of drug-likeness (QED) is 0.425. The third-order valence-corrected chi connectivity index (χ3v) is 7.47. The van der Waals surface area contributed by atoms with Crippen LogP contribution in [0.2, 0.25) is 0 Å². The summed E-state index contributed by atoms with van der Waals surface area (Å²) in [6.07, 6.45) is 8.97. The fourth-order valence-electron chi connectivity index (χ4n) is 4.93. The highest BCUT2D eigenvalue weighted by Crippen LogP contribution is 2.33. The standard InChI is InChI=1S/C24H26N4O2S/c1-2-11-28(10-1)18-7-12-27(13-8-18)15-17-16-29-21-14-19(5-6-20(17)21)30-24-26-23-22(31-24)4-3-9-25-23/h3-6,9,14,16,18H,1-2,7-8,10-13,15H2. The lowest BCUT2D eigenvalue weighted by Gasteiger charge is -2.36. The van der Waals surface area contributed by atoms with Crippen molar-refractivity contribution in [2.45, 2.75) is 38.3 Å². The van der Waals surface area contributed by atoms with Crippen LogP contribution in [0.25, 0.3) is 21.3 Å². The van der Waals surface area contributed by atoms with Gasteiger partial charge >= 0.3 is 0 Å². The first-order valence-corrected chi connectivity index (χ1v) is 12.0. The second-order valence-corrected chi connectivity index (χ2v) is 9.57. The Balaban J connectivity index is 1.13. The van der Waals surface area contributed by atoms with Crippen LogP contribution in [0.5, 0.6) is 10.9 Å². The maximum Gasteiger partial charge on any atom is 0.281 e. The van der Waals surface area contributed by atoms with Crippen molar-refractivity contribution in [3.63, 3.8) is 0 Å². The zero-order valence-electron chi connectivity index (χ0n) is 17.5. The molecule has 1 aromatic carbocycles. The number of hydrogen-bond donors (Lipinski definition) is 0. The third-order valence-electron chi connectivity index (χ3n) is 6.59. The molecule has 0 bridgehead atoms. The number of aromatic nitrogens is 2. The van der Waals surface area contributed by atoms with Crippen LogP contribution in [0.4, 0.5) is 0 Å². The van der Waals surface area contributed by atoms with E-state index in [0.717, 1.165) is 34.3 Å². The highest BCUT2D eigenvalue weighted by atomic mass is 32.1. The maximum atomic E-state index is 5.98. The molecule has 0 unspecified atom stereocenters. The van der Waals surface area contributed by atoms with Gasteiger partial charge in [-0.1, -0.05) is 11.3 Å².